The largest absolute Gasteiger partial charge is 0.481 e. The Hall–Kier alpha value is -1.39. The van der Waals surface area contributed by atoms with Gasteiger partial charge in [0.2, 0.25) is 0 Å². The number of rotatable bonds is 9. The van der Waals surface area contributed by atoms with Crippen molar-refractivity contribution in [3.05, 3.63) is 0 Å². The van der Waals surface area contributed by atoms with Crippen LogP contribution in [0, 0.1) is 0 Å². The molecule has 0 saturated carbocycles. The summed E-state index contributed by atoms with van der Waals surface area (Å²) in [5, 5.41) is 8.43. The fourth-order valence-electron chi connectivity index (χ4n) is 1.55. The van der Waals surface area contributed by atoms with Crippen LogP contribution in [0.25, 0.3) is 0 Å². The summed E-state index contributed by atoms with van der Waals surface area (Å²) in [4.78, 5) is 33.0. The van der Waals surface area contributed by atoms with Crippen molar-refractivity contribution in [3.63, 3.8) is 0 Å². The molecule has 0 fully saturated rings. The zero-order valence-electron chi connectivity index (χ0n) is 12.0. The Balaban J connectivity index is 3.56. The first-order chi connectivity index (χ1) is 8.70. The predicted octanol–water partition coefficient (Wildman–Crippen LogP) is 2.71. The molecule has 0 aliphatic carbocycles. The first-order valence-electron chi connectivity index (χ1n) is 6.66. The monoisotopic (exact) mass is 272 g/mol. The molecule has 0 unspecified atom stereocenters. The standard InChI is InChI=1S/C14H24O5/c1-14(2,3)19-13(18)10-5-4-7-11(15)8-6-9-12(16)17/h4-10H2,1-3H3,(H,16,17). The van der Waals surface area contributed by atoms with Gasteiger partial charge in [0.1, 0.15) is 11.4 Å². The summed E-state index contributed by atoms with van der Waals surface area (Å²) in [5.74, 6) is -1.06. The van der Waals surface area contributed by atoms with Crippen molar-refractivity contribution in [1.82, 2.24) is 0 Å². The molecule has 110 valence electrons. The minimum absolute atomic E-state index is 0.0314. The maximum atomic E-state index is 11.4. The van der Waals surface area contributed by atoms with Crippen LogP contribution in [0.15, 0.2) is 0 Å². The molecule has 5 nitrogen and oxygen atoms in total. The van der Waals surface area contributed by atoms with E-state index < -0.39 is 11.6 Å². The lowest BCUT2D eigenvalue weighted by Gasteiger charge is -2.19. The number of ether oxygens (including phenoxy) is 1. The molecule has 0 heterocycles. The summed E-state index contributed by atoms with van der Waals surface area (Å²) in [6.07, 6.45) is 2.72. The van der Waals surface area contributed by atoms with Gasteiger partial charge in [-0.25, -0.2) is 0 Å². The summed E-state index contributed by atoms with van der Waals surface area (Å²) in [6.45, 7) is 5.45. The Kier molecular flexibility index (Phi) is 8.03. The van der Waals surface area contributed by atoms with E-state index in [0.717, 1.165) is 0 Å². The molecule has 0 rings (SSSR count). The number of hydrogen-bond acceptors (Lipinski definition) is 4. The van der Waals surface area contributed by atoms with Crippen LogP contribution in [0.1, 0.15) is 65.7 Å². The fourth-order valence-corrected chi connectivity index (χ4v) is 1.55. The molecule has 0 aromatic heterocycles. The van der Waals surface area contributed by atoms with E-state index in [9.17, 15) is 14.4 Å². The molecule has 0 spiro atoms. The summed E-state index contributed by atoms with van der Waals surface area (Å²) in [6, 6.07) is 0. The van der Waals surface area contributed by atoms with Gasteiger partial charge in [-0.3, -0.25) is 14.4 Å². The number of carbonyl (C=O) groups is 3. The molecule has 5 heteroatoms. The molecule has 1 N–H and O–H groups in total. The average molecular weight is 272 g/mol. The van der Waals surface area contributed by atoms with E-state index in [1.165, 1.54) is 0 Å². The Morgan fingerprint density at radius 2 is 1.42 bits per heavy atom. The van der Waals surface area contributed by atoms with E-state index in [1.54, 1.807) is 0 Å². The van der Waals surface area contributed by atoms with E-state index in [4.69, 9.17) is 9.84 Å². The quantitative estimate of drug-likeness (QED) is 0.515. The van der Waals surface area contributed by atoms with Crippen LogP contribution < -0.4 is 0 Å². The van der Waals surface area contributed by atoms with Crippen molar-refractivity contribution in [2.45, 2.75) is 71.3 Å². The average Bonchev–Trinajstić information content (AvgIpc) is 2.21. The molecule has 0 saturated heterocycles. The van der Waals surface area contributed by atoms with Gasteiger partial charge in [-0.1, -0.05) is 0 Å². The highest BCUT2D eigenvalue weighted by Gasteiger charge is 2.15. The van der Waals surface area contributed by atoms with Gasteiger partial charge in [-0.05, 0) is 40.0 Å². The molecule has 0 aliphatic heterocycles. The molecule has 19 heavy (non-hydrogen) atoms. The van der Waals surface area contributed by atoms with E-state index >= 15 is 0 Å². The molecule has 0 aliphatic rings. The number of carboxylic acid groups (broad SMARTS) is 1. The van der Waals surface area contributed by atoms with Gasteiger partial charge in [0, 0.05) is 25.7 Å². The molecule has 0 aromatic rings. The third kappa shape index (κ3) is 12.9. The van der Waals surface area contributed by atoms with Crippen LogP contribution in [-0.2, 0) is 19.1 Å². The topological polar surface area (TPSA) is 80.7 Å². The first kappa shape index (κ1) is 17.6. The number of unbranched alkanes of at least 4 members (excludes halogenated alkanes) is 1. The summed E-state index contributed by atoms with van der Waals surface area (Å²) in [5.41, 5.74) is -0.469. The number of hydrogen-bond donors (Lipinski definition) is 1. The van der Waals surface area contributed by atoms with E-state index in [-0.39, 0.29) is 18.2 Å². The smallest absolute Gasteiger partial charge is 0.306 e. The highest BCUT2D eigenvalue weighted by molar-refractivity contribution is 5.79. The Labute approximate surface area is 114 Å². The Morgan fingerprint density at radius 1 is 0.895 bits per heavy atom. The third-order valence-electron chi connectivity index (χ3n) is 2.35. The van der Waals surface area contributed by atoms with Crippen LogP contribution in [0.3, 0.4) is 0 Å². The second-order valence-corrected chi connectivity index (χ2v) is 5.58. The predicted molar refractivity (Wildman–Crippen MR) is 70.8 cm³/mol. The maximum absolute atomic E-state index is 11.4. The minimum atomic E-state index is -0.877. The molecule has 0 radical (unpaired) electrons. The molecule has 0 aromatic carbocycles. The molecule has 0 amide bonds. The maximum Gasteiger partial charge on any atom is 0.306 e. The van der Waals surface area contributed by atoms with Crippen molar-refractivity contribution in [2.75, 3.05) is 0 Å². The van der Waals surface area contributed by atoms with Crippen molar-refractivity contribution in [3.8, 4) is 0 Å². The van der Waals surface area contributed by atoms with Gasteiger partial charge in [0.05, 0.1) is 0 Å². The summed E-state index contributed by atoms with van der Waals surface area (Å²) in [7, 11) is 0. The van der Waals surface area contributed by atoms with Gasteiger partial charge in [0.15, 0.2) is 0 Å². The summed E-state index contributed by atoms with van der Waals surface area (Å²) < 4.78 is 5.15. The van der Waals surface area contributed by atoms with E-state index in [2.05, 4.69) is 0 Å². The molecular weight excluding hydrogens is 248 g/mol. The lowest BCUT2D eigenvalue weighted by Crippen LogP contribution is -2.23. The number of ketones is 1. The highest BCUT2D eigenvalue weighted by Crippen LogP contribution is 2.11. The Morgan fingerprint density at radius 3 is 1.95 bits per heavy atom. The lowest BCUT2D eigenvalue weighted by molar-refractivity contribution is -0.155. The van der Waals surface area contributed by atoms with Gasteiger partial charge < -0.3 is 9.84 Å². The zero-order chi connectivity index (χ0) is 14.9. The van der Waals surface area contributed by atoms with Crippen LogP contribution in [0.5, 0.6) is 0 Å². The second-order valence-electron chi connectivity index (χ2n) is 5.58. The summed E-state index contributed by atoms with van der Waals surface area (Å²) >= 11 is 0. The lowest BCUT2D eigenvalue weighted by atomic mass is 10.1. The van der Waals surface area contributed by atoms with Crippen molar-refractivity contribution in [2.24, 2.45) is 0 Å². The molecule has 0 bridgehead atoms. The zero-order valence-corrected chi connectivity index (χ0v) is 12.0. The fraction of sp³-hybridized carbons (Fsp3) is 0.786. The number of esters is 1. The van der Waals surface area contributed by atoms with E-state index in [1.807, 2.05) is 20.8 Å². The van der Waals surface area contributed by atoms with Crippen LogP contribution in [-0.4, -0.2) is 28.4 Å². The van der Waals surface area contributed by atoms with Crippen molar-refractivity contribution in [1.29, 1.82) is 0 Å². The van der Waals surface area contributed by atoms with Gasteiger partial charge in [0.25, 0.3) is 0 Å². The third-order valence-corrected chi connectivity index (χ3v) is 2.35. The van der Waals surface area contributed by atoms with Crippen molar-refractivity contribution >= 4 is 17.7 Å². The number of carboxylic acids is 1. The van der Waals surface area contributed by atoms with Crippen LogP contribution in [0.4, 0.5) is 0 Å². The second kappa shape index (κ2) is 8.67. The normalized spacial score (nSPS) is 11.1. The van der Waals surface area contributed by atoms with Crippen LogP contribution in [0.2, 0.25) is 0 Å². The Bertz CT molecular complexity index is 314. The van der Waals surface area contributed by atoms with Gasteiger partial charge >= 0.3 is 11.9 Å². The number of carbonyl (C=O) groups excluding carboxylic acids is 2. The SMILES string of the molecule is CC(C)(C)OC(=O)CCCCC(=O)CCCC(=O)O. The van der Waals surface area contributed by atoms with Gasteiger partial charge in [-0.15, -0.1) is 0 Å². The number of Topliss-reactive ketones (excluding diaryl/α,β-unsaturated/α-hetero) is 1. The van der Waals surface area contributed by atoms with Crippen molar-refractivity contribution < 1.29 is 24.2 Å². The van der Waals surface area contributed by atoms with Crippen LogP contribution >= 0.6 is 0 Å². The highest BCUT2D eigenvalue weighted by atomic mass is 16.6. The minimum Gasteiger partial charge on any atom is -0.481 e. The first-order valence-corrected chi connectivity index (χ1v) is 6.66. The number of aliphatic carboxylic acids is 1. The molecular formula is C14H24O5. The van der Waals surface area contributed by atoms with Gasteiger partial charge in [-0.2, -0.15) is 0 Å². The van der Waals surface area contributed by atoms with E-state index in [0.29, 0.717) is 38.5 Å². The molecule has 0 atom stereocenters.